The van der Waals surface area contributed by atoms with Gasteiger partial charge in [0.1, 0.15) is 0 Å². The Morgan fingerprint density at radius 3 is 2.65 bits per heavy atom. The van der Waals surface area contributed by atoms with E-state index in [1.165, 1.54) is 29.7 Å². The third-order valence-corrected chi connectivity index (χ3v) is 3.71. The Morgan fingerprint density at radius 2 is 1.90 bits per heavy atom. The molecule has 1 aliphatic heterocycles. The average molecular weight is 268 g/mol. The lowest BCUT2D eigenvalue weighted by molar-refractivity contribution is 0.931. The SMILES string of the molecule is Cc1ccc(CNc2cc(N3CCCC3)cnn2)cc1. The van der Waals surface area contributed by atoms with Gasteiger partial charge < -0.3 is 10.2 Å². The molecular weight excluding hydrogens is 248 g/mol. The Bertz CT molecular complexity index is 559. The van der Waals surface area contributed by atoms with Crippen molar-refractivity contribution in [1.82, 2.24) is 10.2 Å². The molecule has 4 heteroatoms. The first-order valence-electron chi connectivity index (χ1n) is 7.18. The maximum atomic E-state index is 4.16. The van der Waals surface area contributed by atoms with Crippen molar-refractivity contribution < 1.29 is 0 Å². The molecule has 2 aromatic rings. The average Bonchev–Trinajstić information content (AvgIpc) is 3.01. The number of hydrogen-bond acceptors (Lipinski definition) is 4. The smallest absolute Gasteiger partial charge is 0.150 e. The summed E-state index contributed by atoms with van der Waals surface area (Å²) in [7, 11) is 0. The highest BCUT2D eigenvalue weighted by Crippen LogP contribution is 2.21. The summed E-state index contributed by atoms with van der Waals surface area (Å²) >= 11 is 0. The molecule has 1 N–H and O–H groups in total. The summed E-state index contributed by atoms with van der Waals surface area (Å²) in [5.41, 5.74) is 3.71. The minimum absolute atomic E-state index is 0.776. The van der Waals surface area contributed by atoms with Crippen LogP contribution in [-0.2, 0) is 6.54 Å². The van der Waals surface area contributed by atoms with Gasteiger partial charge in [0.15, 0.2) is 5.82 Å². The van der Waals surface area contributed by atoms with Gasteiger partial charge in [0.2, 0.25) is 0 Å². The van der Waals surface area contributed by atoms with E-state index >= 15 is 0 Å². The zero-order valence-corrected chi connectivity index (χ0v) is 11.8. The first-order chi connectivity index (χ1) is 9.81. The number of nitrogens with one attached hydrogen (secondary N) is 1. The fourth-order valence-electron chi connectivity index (χ4n) is 2.49. The molecule has 0 saturated carbocycles. The van der Waals surface area contributed by atoms with E-state index in [0.717, 1.165) is 25.5 Å². The van der Waals surface area contributed by atoms with Crippen molar-refractivity contribution in [2.75, 3.05) is 23.3 Å². The first-order valence-corrected chi connectivity index (χ1v) is 7.18. The molecule has 104 valence electrons. The van der Waals surface area contributed by atoms with Gasteiger partial charge in [0.05, 0.1) is 11.9 Å². The van der Waals surface area contributed by atoms with Crippen LogP contribution in [0.5, 0.6) is 0 Å². The van der Waals surface area contributed by atoms with Gasteiger partial charge >= 0.3 is 0 Å². The maximum absolute atomic E-state index is 4.16. The number of rotatable bonds is 4. The van der Waals surface area contributed by atoms with Gasteiger partial charge in [-0.1, -0.05) is 29.8 Å². The fraction of sp³-hybridized carbons (Fsp3) is 0.375. The monoisotopic (exact) mass is 268 g/mol. The molecule has 1 aromatic carbocycles. The Morgan fingerprint density at radius 1 is 1.15 bits per heavy atom. The molecule has 0 atom stereocenters. The molecule has 2 heterocycles. The molecule has 0 radical (unpaired) electrons. The normalized spacial score (nSPS) is 14.6. The molecule has 0 spiro atoms. The van der Waals surface area contributed by atoms with Crippen molar-refractivity contribution in [2.24, 2.45) is 0 Å². The maximum Gasteiger partial charge on any atom is 0.150 e. The van der Waals surface area contributed by atoms with Crippen LogP contribution in [0.2, 0.25) is 0 Å². The van der Waals surface area contributed by atoms with E-state index in [9.17, 15) is 0 Å². The third-order valence-electron chi connectivity index (χ3n) is 3.71. The van der Waals surface area contributed by atoms with Crippen LogP contribution >= 0.6 is 0 Å². The van der Waals surface area contributed by atoms with Crippen molar-refractivity contribution >= 4 is 11.5 Å². The minimum Gasteiger partial charge on any atom is -0.370 e. The molecular formula is C16H20N4. The van der Waals surface area contributed by atoms with Crippen molar-refractivity contribution in [2.45, 2.75) is 26.3 Å². The number of hydrogen-bond donors (Lipinski definition) is 1. The fourth-order valence-corrected chi connectivity index (χ4v) is 2.49. The van der Waals surface area contributed by atoms with E-state index in [1.807, 2.05) is 6.20 Å². The molecule has 20 heavy (non-hydrogen) atoms. The van der Waals surface area contributed by atoms with Gasteiger partial charge in [-0.15, -0.1) is 5.10 Å². The summed E-state index contributed by atoms with van der Waals surface area (Å²) in [4.78, 5) is 2.37. The highest BCUT2D eigenvalue weighted by Gasteiger charge is 2.13. The molecule has 0 amide bonds. The second-order valence-electron chi connectivity index (χ2n) is 5.33. The Kier molecular flexibility index (Phi) is 3.81. The Balaban J connectivity index is 1.65. The molecule has 3 rings (SSSR count). The topological polar surface area (TPSA) is 41.0 Å². The molecule has 0 aliphatic carbocycles. The van der Waals surface area contributed by atoms with E-state index in [0.29, 0.717) is 0 Å². The number of anilines is 2. The van der Waals surface area contributed by atoms with Crippen molar-refractivity contribution in [3.63, 3.8) is 0 Å². The molecule has 4 nitrogen and oxygen atoms in total. The van der Waals surface area contributed by atoms with Crippen molar-refractivity contribution in [3.05, 3.63) is 47.7 Å². The van der Waals surface area contributed by atoms with E-state index in [4.69, 9.17) is 0 Å². The molecule has 1 aromatic heterocycles. The second kappa shape index (κ2) is 5.90. The number of nitrogens with zero attached hydrogens (tertiary/aromatic N) is 3. The summed E-state index contributed by atoms with van der Waals surface area (Å²) in [6, 6.07) is 10.6. The first kappa shape index (κ1) is 12.9. The van der Waals surface area contributed by atoms with E-state index in [1.54, 1.807) is 0 Å². The van der Waals surface area contributed by atoms with Gasteiger partial charge in [-0.25, -0.2) is 0 Å². The van der Waals surface area contributed by atoms with E-state index < -0.39 is 0 Å². The molecule has 0 unspecified atom stereocenters. The number of aromatic nitrogens is 2. The number of aryl methyl sites for hydroxylation is 1. The van der Waals surface area contributed by atoms with Crippen LogP contribution in [0.1, 0.15) is 24.0 Å². The zero-order valence-electron chi connectivity index (χ0n) is 11.8. The van der Waals surface area contributed by atoms with Gasteiger partial charge in [-0.2, -0.15) is 5.10 Å². The quantitative estimate of drug-likeness (QED) is 0.925. The highest BCUT2D eigenvalue weighted by molar-refractivity contribution is 5.52. The van der Waals surface area contributed by atoms with Crippen LogP contribution in [0, 0.1) is 6.92 Å². The Labute approximate surface area is 119 Å². The third kappa shape index (κ3) is 3.07. The predicted molar refractivity (Wildman–Crippen MR) is 82.0 cm³/mol. The molecule has 1 fully saturated rings. The lowest BCUT2D eigenvalue weighted by Gasteiger charge is -2.17. The molecule has 1 saturated heterocycles. The molecule has 1 aliphatic rings. The van der Waals surface area contributed by atoms with Crippen LogP contribution in [0.25, 0.3) is 0 Å². The summed E-state index contributed by atoms with van der Waals surface area (Å²) in [6.45, 7) is 5.13. The lowest BCUT2D eigenvalue weighted by Crippen LogP contribution is -2.18. The van der Waals surface area contributed by atoms with Crippen LogP contribution in [-0.4, -0.2) is 23.3 Å². The summed E-state index contributed by atoms with van der Waals surface area (Å²) in [6.07, 6.45) is 4.39. The number of benzene rings is 1. The summed E-state index contributed by atoms with van der Waals surface area (Å²) in [5, 5.41) is 11.6. The largest absolute Gasteiger partial charge is 0.370 e. The van der Waals surface area contributed by atoms with Crippen LogP contribution in [0.15, 0.2) is 36.5 Å². The van der Waals surface area contributed by atoms with Crippen molar-refractivity contribution in [3.8, 4) is 0 Å². The lowest BCUT2D eigenvalue weighted by atomic mass is 10.1. The summed E-state index contributed by atoms with van der Waals surface area (Å²) in [5.74, 6) is 0.843. The summed E-state index contributed by atoms with van der Waals surface area (Å²) < 4.78 is 0. The standard InChI is InChI=1S/C16H20N4/c1-13-4-6-14(7-5-13)11-17-16-10-15(12-18-19-16)20-8-2-3-9-20/h4-7,10,12H,2-3,8-9,11H2,1H3,(H,17,19). The molecule has 0 bridgehead atoms. The van der Waals surface area contributed by atoms with E-state index in [-0.39, 0.29) is 0 Å². The van der Waals surface area contributed by atoms with Gasteiger partial charge in [0.25, 0.3) is 0 Å². The highest BCUT2D eigenvalue weighted by atomic mass is 15.2. The van der Waals surface area contributed by atoms with Gasteiger partial charge in [0, 0.05) is 25.7 Å². The zero-order chi connectivity index (χ0) is 13.8. The predicted octanol–water partition coefficient (Wildman–Crippen LogP) is 3.00. The van der Waals surface area contributed by atoms with Crippen LogP contribution < -0.4 is 10.2 Å². The van der Waals surface area contributed by atoms with Crippen LogP contribution in [0.3, 0.4) is 0 Å². The Hall–Kier alpha value is -2.10. The van der Waals surface area contributed by atoms with Crippen molar-refractivity contribution in [1.29, 1.82) is 0 Å². The van der Waals surface area contributed by atoms with Gasteiger partial charge in [-0.3, -0.25) is 0 Å². The minimum atomic E-state index is 0.776. The van der Waals surface area contributed by atoms with Gasteiger partial charge in [-0.05, 0) is 25.3 Å². The second-order valence-corrected chi connectivity index (χ2v) is 5.33. The van der Waals surface area contributed by atoms with Crippen LogP contribution in [0.4, 0.5) is 11.5 Å². The van der Waals surface area contributed by atoms with E-state index in [2.05, 4.69) is 57.7 Å².